The molecule has 2 fully saturated rings. The molecule has 0 bridgehead atoms. The van der Waals surface area contributed by atoms with E-state index in [9.17, 15) is 0 Å². The summed E-state index contributed by atoms with van der Waals surface area (Å²) < 4.78 is 11.2. The molecule has 0 unspecified atom stereocenters. The Kier molecular flexibility index (Phi) is 3.67. The molecule has 2 atom stereocenters. The Hall–Kier alpha value is -1.73. The summed E-state index contributed by atoms with van der Waals surface area (Å²) in [5.74, 6) is 2.38. The van der Waals surface area contributed by atoms with Crippen molar-refractivity contribution < 1.29 is 9.26 Å². The number of aromatic amines is 1. The summed E-state index contributed by atoms with van der Waals surface area (Å²) in [6, 6.07) is 0. The zero-order valence-electron chi connectivity index (χ0n) is 12.7. The van der Waals surface area contributed by atoms with Crippen LogP contribution in [0, 0.1) is 12.8 Å². The zero-order valence-corrected chi connectivity index (χ0v) is 12.7. The van der Waals surface area contributed by atoms with Crippen molar-refractivity contribution in [3.8, 4) is 0 Å². The van der Waals surface area contributed by atoms with Gasteiger partial charge < -0.3 is 14.6 Å². The quantitative estimate of drug-likeness (QED) is 0.846. The van der Waals surface area contributed by atoms with E-state index in [2.05, 4.69) is 32.6 Å². The van der Waals surface area contributed by atoms with Crippen molar-refractivity contribution in [1.29, 1.82) is 0 Å². The monoisotopic (exact) mass is 303 g/mol. The van der Waals surface area contributed by atoms with Gasteiger partial charge in [-0.3, -0.25) is 5.10 Å². The Morgan fingerprint density at radius 3 is 3.05 bits per heavy atom. The van der Waals surface area contributed by atoms with Crippen molar-refractivity contribution in [2.45, 2.75) is 44.8 Å². The lowest BCUT2D eigenvalue weighted by Crippen LogP contribution is -2.25. The summed E-state index contributed by atoms with van der Waals surface area (Å²) in [5, 5.41) is 14.6. The number of nitrogens with one attached hydrogen (secondary N) is 2. The van der Waals surface area contributed by atoms with E-state index in [-0.39, 0.29) is 6.10 Å². The molecular formula is C15H21N5O2. The third-order valence-electron chi connectivity index (χ3n) is 4.50. The maximum absolute atomic E-state index is 5.82. The van der Waals surface area contributed by atoms with Gasteiger partial charge in [0.05, 0.1) is 11.9 Å². The van der Waals surface area contributed by atoms with Gasteiger partial charge in [0.2, 0.25) is 0 Å². The van der Waals surface area contributed by atoms with Gasteiger partial charge in [0.25, 0.3) is 5.89 Å². The van der Waals surface area contributed by atoms with Gasteiger partial charge in [0.1, 0.15) is 6.10 Å². The van der Waals surface area contributed by atoms with Gasteiger partial charge in [-0.2, -0.15) is 10.1 Å². The summed E-state index contributed by atoms with van der Waals surface area (Å²) in [6.07, 6.45) is 5.14. The fraction of sp³-hybridized carbons (Fsp3) is 0.667. The molecule has 1 aliphatic heterocycles. The topological polar surface area (TPSA) is 88.9 Å². The molecule has 1 aliphatic carbocycles. The van der Waals surface area contributed by atoms with Crippen LogP contribution in [0.2, 0.25) is 0 Å². The van der Waals surface area contributed by atoms with E-state index in [4.69, 9.17) is 9.26 Å². The van der Waals surface area contributed by atoms with Crippen molar-refractivity contribution in [3.05, 3.63) is 29.2 Å². The lowest BCUT2D eigenvalue weighted by Gasteiger charge is -2.15. The average Bonchev–Trinajstić information content (AvgIpc) is 2.92. The SMILES string of the molecule is Cc1cn[nH]c1CNC[C@@H]1CCO[C@@H]1c1nc(C2CC2)no1. The Morgan fingerprint density at radius 1 is 1.36 bits per heavy atom. The van der Waals surface area contributed by atoms with E-state index in [1.807, 2.05) is 6.20 Å². The summed E-state index contributed by atoms with van der Waals surface area (Å²) in [4.78, 5) is 4.53. The molecule has 7 heteroatoms. The highest BCUT2D eigenvalue weighted by Gasteiger charge is 2.36. The lowest BCUT2D eigenvalue weighted by molar-refractivity contribution is 0.0623. The van der Waals surface area contributed by atoms with Crippen molar-refractivity contribution in [2.75, 3.05) is 13.2 Å². The number of hydrogen-bond donors (Lipinski definition) is 2. The molecular weight excluding hydrogens is 282 g/mol. The van der Waals surface area contributed by atoms with Crippen LogP contribution in [0.4, 0.5) is 0 Å². The molecule has 1 saturated carbocycles. The Morgan fingerprint density at radius 2 is 2.27 bits per heavy atom. The maximum atomic E-state index is 5.82. The smallest absolute Gasteiger partial charge is 0.256 e. The molecule has 2 aromatic heterocycles. The van der Waals surface area contributed by atoms with Crippen molar-refractivity contribution in [2.24, 2.45) is 5.92 Å². The normalized spacial score (nSPS) is 25.0. The molecule has 1 saturated heterocycles. The highest BCUT2D eigenvalue weighted by atomic mass is 16.5. The van der Waals surface area contributed by atoms with Crippen LogP contribution in [0.5, 0.6) is 0 Å². The predicted molar refractivity (Wildman–Crippen MR) is 78.1 cm³/mol. The van der Waals surface area contributed by atoms with Gasteiger partial charge in [-0.15, -0.1) is 0 Å². The summed E-state index contributed by atoms with van der Waals surface area (Å²) in [6.45, 7) is 4.46. The van der Waals surface area contributed by atoms with Crippen molar-refractivity contribution in [1.82, 2.24) is 25.7 Å². The first-order valence-electron chi connectivity index (χ1n) is 7.96. The minimum atomic E-state index is -0.0737. The Labute approximate surface area is 128 Å². The number of aryl methyl sites for hydroxylation is 1. The predicted octanol–water partition coefficient (Wildman–Crippen LogP) is 1.85. The molecule has 0 aromatic carbocycles. The first-order valence-corrected chi connectivity index (χ1v) is 7.96. The molecule has 7 nitrogen and oxygen atoms in total. The van der Waals surface area contributed by atoms with Gasteiger partial charge in [-0.1, -0.05) is 5.16 Å². The molecule has 118 valence electrons. The van der Waals surface area contributed by atoms with Gasteiger partial charge in [-0.05, 0) is 31.7 Å². The Bertz CT molecular complexity index is 633. The third kappa shape index (κ3) is 2.78. The third-order valence-corrected chi connectivity index (χ3v) is 4.50. The molecule has 0 amide bonds. The fourth-order valence-corrected chi connectivity index (χ4v) is 2.92. The van der Waals surface area contributed by atoms with E-state index in [1.165, 1.54) is 18.4 Å². The van der Waals surface area contributed by atoms with Gasteiger partial charge >= 0.3 is 0 Å². The minimum absolute atomic E-state index is 0.0737. The maximum Gasteiger partial charge on any atom is 0.256 e. The van der Waals surface area contributed by atoms with Crippen LogP contribution in [0.15, 0.2) is 10.7 Å². The molecule has 2 aliphatic rings. The van der Waals surface area contributed by atoms with Gasteiger partial charge in [-0.25, -0.2) is 0 Å². The minimum Gasteiger partial charge on any atom is -0.368 e. The van der Waals surface area contributed by atoms with Crippen LogP contribution in [-0.4, -0.2) is 33.5 Å². The fourth-order valence-electron chi connectivity index (χ4n) is 2.92. The van der Waals surface area contributed by atoms with Gasteiger partial charge in [0.15, 0.2) is 5.82 Å². The number of H-pyrrole nitrogens is 1. The molecule has 22 heavy (non-hydrogen) atoms. The second kappa shape index (κ2) is 5.81. The highest BCUT2D eigenvalue weighted by Crippen LogP contribution is 2.40. The lowest BCUT2D eigenvalue weighted by atomic mass is 10.0. The van der Waals surface area contributed by atoms with E-state index >= 15 is 0 Å². The summed E-state index contributed by atoms with van der Waals surface area (Å²) >= 11 is 0. The number of ether oxygens (including phenoxy) is 1. The van der Waals surface area contributed by atoms with Crippen LogP contribution in [-0.2, 0) is 11.3 Å². The van der Waals surface area contributed by atoms with Crippen LogP contribution in [0.3, 0.4) is 0 Å². The van der Waals surface area contributed by atoms with E-state index in [0.29, 0.717) is 17.7 Å². The molecule has 2 aromatic rings. The number of aromatic nitrogens is 4. The molecule has 0 spiro atoms. The van der Waals surface area contributed by atoms with Crippen molar-refractivity contribution in [3.63, 3.8) is 0 Å². The van der Waals surface area contributed by atoms with Crippen LogP contribution in [0.25, 0.3) is 0 Å². The number of rotatable bonds is 6. The second-order valence-electron chi connectivity index (χ2n) is 6.27. The first kappa shape index (κ1) is 13.9. The molecule has 3 heterocycles. The highest BCUT2D eigenvalue weighted by molar-refractivity contribution is 5.13. The van der Waals surface area contributed by atoms with E-state index in [0.717, 1.165) is 37.6 Å². The van der Waals surface area contributed by atoms with E-state index in [1.54, 1.807) is 0 Å². The average molecular weight is 303 g/mol. The van der Waals surface area contributed by atoms with Crippen LogP contribution in [0.1, 0.15) is 54.3 Å². The zero-order chi connectivity index (χ0) is 14.9. The largest absolute Gasteiger partial charge is 0.368 e. The van der Waals surface area contributed by atoms with Crippen molar-refractivity contribution >= 4 is 0 Å². The van der Waals surface area contributed by atoms with Crippen LogP contribution < -0.4 is 5.32 Å². The Balaban J connectivity index is 1.35. The number of hydrogen-bond acceptors (Lipinski definition) is 6. The second-order valence-corrected chi connectivity index (χ2v) is 6.27. The molecule has 2 N–H and O–H groups in total. The molecule has 4 rings (SSSR count). The summed E-state index contributed by atoms with van der Waals surface area (Å²) in [5.41, 5.74) is 2.31. The van der Waals surface area contributed by atoms with Crippen LogP contribution >= 0.6 is 0 Å². The van der Waals surface area contributed by atoms with Gasteiger partial charge in [0, 0.05) is 31.5 Å². The number of nitrogens with zero attached hydrogens (tertiary/aromatic N) is 3. The molecule has 0 radical (unpaired) electrons. The first-order chi connectivity index (χ1) is 10.8. The summed E-state index contributed by atoms with van der Waals surface area (Å²) in [7, 11) is 0. The van der Waals surface area contributed by atoms with E-state index < -0.39 is 0 Å². The standard InChI is InChI=1S/C15H21N5O2/c1-9-6-17-19-12(9)8-16-7-11-4-5-21-13(11)15-18-14(20-22-15)10-2-3-10/h6,10-11,13,16H,2-5,7-8H2,1H3,(H,17,19)/t11-,13-/m0/s1.